The zero-order valence-corrected chi connectivity index (χ0v) is 14.5. The number of carboxylic acids is 1. The lowest BCUT2D eigenvalue weighted by molar-refractivity contribution is -0.142. The van der Waals surface area contributed by atoms with E-state index in [-0.39, 0.29) is 24.5 Å². The summed E-state index contributed by atoms with van der Waals surface area (Å²) in [5.41, 5.74) is 1.46. The summed E-state index contributed by atoms with van der Waals surface area (Å²) in [7, 11) is 0. The summed E-state index contributed by atoms with van der Waals surface area (Å²) >= 11 is 0. The molecule has 2 heterocycles. The second-order valence-corrected chi connectivity index (χ2v) is 6.91. The molecular weight excluding hydrogens is 322 g/mol. The average Bonchev–Trinajstić information content (AvgIpc) is 3.02. The molecule has 2 aliphatic rings. The van der Waals surface area contributed by atoms with Gasteiger partial charge in [0.15, 0.2) is 0 Å². The van der Waals surface area contributed by atoms with Gasteiger partial charge in [0.2, 0.25) is 0 Å². The van der Waals surface area contributed by atoms with E-state index < -0.39 is 11.9 Å². The third-order valence-corrected chi connectivity index (χ3v) is 5.11. The summed E-state index contributed by atoms with van der Waals surface area (Å²) in [6.45, 7) is 4.45. The van der Waals surface area contributed by atoms with Crippen LogP contribution in [0.4, 0.5) is 0 Å². The number of hydrogen-bond acceptors (Lipinski definition) is 4. The molecule has 3 rings (SSSR count). The lowest BCUT2D eigenvalue weighted by atomic mass is 9.99. The van der Waals surface area contributed by atoms with Gasteiger partial charge in [-0.2, -0.15) is 0 Å². The lowest BCUT2D eigenvalue weighted by Gasteiger charge is -2.23. The van der Waals surface area contributed by atoms with E-state index in [1.54, 1.807) is 11.0 Å². The number of aliphatic carboxylic acids is 1. The Labute approximate surface area is 147 Å². The van der Waals surface area contributed by atoms with Gasteiger partial charge in [-0.25, -0.2) is 0 Å². The molecule has 0 radical (unpaired) electrons. The highest BCUT2D eigenvalue weighted by molar-refractivity contribution is 5.96. The van der Waals surface area contributed by atoms with Gasteiger partial charge < -0.3 is 19.5 Å². The third-order valence-electron chi connectivity index (χ3n) is 5.11. The molecule has 6 heteroatoms. The van der Waals surface area contributed by atoms with E-state index in [2.05, 4.69) is 0 Å². The van der Waals surface area contributed by atoms with Gasteiger partial charge in [0.25, 0.3) is 5.91 Å². The minimum Gasteiger partial charge on any atom is -0.481 e. The van der Waals surface area contributed by atoms with Crippen LogP contribution in [-0.4, -0.2) is 54.3 Å². The molecule has 2 fully saturated rings. The normalized spacial score (nSPS) is 24.4. The van der Waals surface area contributed by atoms with E-state index in [4.69, 9.17) is 9.47 Å². The van der Waals surface area contributed by atoms with Crippen molar-refractivity contribution in [1.82, 2.24) is 4.90 Å². The Kier molecular flexibility index (Phi) is 5.71. The van der Waals surface area contributed by atoms with E-state index in [0.29, 0.717) is 31.9 Å². The van der Waals surface area contributed by atoms with E-state index in [9.17, 15) is 14.7 Å². The van der Waals surface area contributed by atoms with Crippen molar-refractivity contribution in [2.75, 3.05) is 26.3 Å². The van der Waals surface area contributed by atoms with Crippen molar-refractivity contribution in [3.05, 3.63) is 35.4 Å². The molecule has 0 spiro atoms. The summed E-state index contributed by atoms with van der Waals surface area (Å²) in [5.74, 6) is -1.47. The summed E-state index contributed by atoms with van der Waals surface area (Å²) in [6, 6.07) is 7.43. The number of nitrogens with zero attached hydrogens (tertiary/aromatic N) is 1. The van der Waals surface area contributed by atoms with Crippen LogP contribution in [0.3, 0.4) is 0 Å². The molecule has 1 aromatic rings. The highest BCUT2D eigenvalue weighted by Crippen LogP contribution is 2.26. The van der Waals surface area contributed by atoms with Crippen molar-refractivity contribution >= 4 is 11.9 Å². The van der Waals surface area contributed by atoms with Crippen LogP contribution in [0.1, 0.15) is 35.7 Å². The van der Waals surface area contributed by atoms with Crippen molar-refractivity contribution in [2.24, 2.45) is 11.8 Å². The number of carbonyl (C=O) groups excluding carboxylic acids is 1. The van der Waals surface area contributed by atoms with Gasteiger partial charge >= 0.3 is 5.97 Å². The van der Waals surface area contributed by atoms with Crippen LogP contribution in [0.5, 0.6) is 0 Å². The first-order chi connectivity index (χ1) is 12.1. The molecule has 1 aromatic carbocycles. The zero-order chi connectivity index (χ0) is 17.8. The number of carboxylic acid groups (broad SMARTS) is 1. The molecule has 0 saturated carbocycles. The molecule has 1 N–H and O–H groups in total. The van der Waals surface area contributed by atoms with E-state index in [0.717, 1.165) is 18.4 Å². The summed E-state index contributed by atoms with van der Waals surface area (Å²) < 4.78 is 11.3. The van der Waals surface area contributed by atoms with Crippen molar-refractivity contribution in [1.29, 1.82) is 0 Å². The van der Waals surface area contributed by atoms with Crippen LogP contribution in [0.25, 0.3) is 0 Å². The number of rotatable bonds is 5. The number of ether oxygens (including phenoxy) is 2. The Morgan fingerprint density at radius 2 is 1.96 bits per heavy atom. The summed E-state index contributed by atoms with van der Waals surface area (Å²) in [5, 5.41) is 9.27. The number of amides is 1. The van der Waals surface area contributed by atoms with Crippen LogP contribution in [0.2, 0.25) is 0 Å². The predicted molar refractivity (Wildman–Crippen MR) is 91.3 cm³/mol. The molecule has 0 aromatic heterocycles. The molecule has 6 nitrogen and oxygen atoms in total. The van der Waals surface area contributed by atoms with Gasteiger partial charge in [-0.15, -0.1) is 0 Å². The second-order valence-electron chi connectivity index (χ2n) is 6.91. The van der Waals surface area contributed by atoms with Gasteiger partial charge in [-0.05, 0) is 30.4 Å². The zero-order valence-electron chi connectivity index (χ0n) is 14.5. The molecule has 0 unspecified atom stereocenters. The Balaban J connectivity index is 1.67. The minimum atomic E-state index is -0.834. The van der Waals surface area contributed by atoms with E-state index in [1.165, 1.54) is 0 Å². The van der Waals surface area contributed by atoms with Crippen LogP contribution in [0, 0.1) is 11.8 Å². The fourth-order valence-corrected chi connectivity index (χ4v) is 3.53. The van der Waals surface area contributed by atoms with Gasteiger partial charge in [0, 0.05) is 31.9 Å². The molecule has 0 aliphatic carbocycles. The maximum atomic E-state index is 12.9. The second kappa shape index (κ2) is 7.97. The Morgan fingerprint density at radius 1 is 1.24 bits per heavy atom. The first-order valence-corrected chi connectivity index (χ1v) is 8.85. The first-order valence-electron chi connectivity index (χ1n) is 8.85. The number of benzene rings is 1. The molecular formula is C19H25NO5. The molecule has 2 aliphatic heterocycles. The molecule has 136 valence electrons. The lowest BCUT2D eigenvalue weighted by Crippen LogP contribution is -2.31. The Hall–Kier alpha value is -1.92. The summed E-state index contributed by atoms with van der Waals surface area (Å²) in [6.07, 6.45) is 1.92. The van der Waals surface area contributed by atoms with E-state index >= 15 is 0 Å². The first kappa shape index (κ1) is 17.9. The largest absolute Gasteiger partial charge is 0.481 e. The minimum absolute atomic E-state index is 0.0351. The van der Waals surface area contributed by atoms with Crippen LogP contribution in [-0.2, 0) is 20.9 Å². The van der Waals surface area contributed by atoms with Gasteiger partial charge in [-0.1, -0.05) is 25.1 Å². The highest BCUT2D eigenvalue weighted by atomic mass is 16.5. The van der Waals surface area contributed by atoms with Gasteiger partial charge in [0.05, 0.1) is 18.6 Å². The number of hydrogen-bond donors (Lipinski definition) is 1. The Morgan fingerprint density at radius 3 is 2.64 bits per heavy atom. The molecule has 1 amide bonds. The molecule has 25 heavy (non-hydrogen) atoms. The monoisotopic (exact) mass is 347 g/mol. The molecule has 0 bridgehead atoms. The van der Waals surface area contributed by atoms with Crippen molar-refractivity contribution < 1.29 is 24.2 Å². The van der Waals surface area contributed by atoms with Crippen molar-refractivity contribution in [3.8, 4) is 0 Å². The maximum absolute atomic E-state index is 12.9. The number of carbonyl (C=O) groups is 2. The van der Waals surface area contributed by atoms with Gasteiger partial charge in [0.1, 0.15) is 0 Å². The maximum Gasteiger partial charge on any atom is 0.308 e. The molecule has 2 atom stereocenters. The fourth-order valence-electron chi connectivity index (χ4n) is 3.53. The third kappa shape index (κ3) is 4.19. The molecule has 2 saturated heterocycles. The fraction of sp³-hybridized carbons (Fsp3) is 0.579. The smallest absolute Gasteiger partial charge is 0.308 e. The summed E-state index contributed by atoms with van der Waals surface area (Å²) in [4.78, 5) is 25.8. The number of likely N-dealkylation sites (tertiary alicyclic amines) is 1. The van der Waals surface area contributed by atoms with Crippen LogP contribution < -0.4 is 0 Å². The van der Waals surface area contributed by atoms with Crippen LogP contribution >= 0.6 is 0 Å². The topological polar surface area (TPSA) is 76.1 Å². The SMILES string of the molecule is C[C@@H]1CN(C(=O)c2ccccc2COC2CCOCC2)C[C@H]1C(=O)O. The van der Waals surface area contributed by atoms with Gasteiger partial charge in [-0.3, -0.25) is 9.59 Å². The van der Waals surface area contributed by atoms with Crippen molar-refractivity contribution in [2.45, 2.75) is 32.5 Å². The predicted octanol–water partition coefficient (Wildman–Crippen LogP) is 2.17. The van der Waals surface area contributed by atoms with Crippen LogP contribution in [0.15, 0.2) is 24.3 Å². The average molecular weight is 347 g/mol. The quantitative estimate of drug-likeness (QED) is 0.883. The van der Waals surface area contributed by atoms with E-state index in [1.807, 2.05) is 25.1 Å². The van der Waals surface area contributed by atoms with Crippen molar-refractivity contribution in [3.63, 3.8) is 0 Å². The standard InChI is InChI=1S/C19H25NO5/c1-13-10-20(11-17(13)19(22)23)18(21)16-5-3-2-4-14(16)12-25-15-6-8-24-9-7-15/h2-5,13,15,17H,6-12H2,1H3,(H,22,23)/t13-,17-/m1/s1. The highest BCUT2D eigenvalue weighted by Gasteiger charge is 2.37. The Bertz CT molecular complexity index is 626.